The van der Waals surface area contributed by atoms with Crippen molar-refractivity contribution in [3.05, 3.63) is 29.6 Å². The van der Waals surface area contributed by atoms with Crippen molar-refractivity contribution in [1.29, 1.82) is 0 Å². The summed E-state index contributed by atoms with van der Waals surface area (Å²) in [5.41, 5.74) is 1.19. The molecule has 1 aliphatic heterocycles. The molecule has 3 heterocycles. The minimum Gasteiger partial charge on any atom is -0.348 e. The fourth-order valence-corrected chi connectivity index (χ4v) is 2.64. The molecule has 0 saturated carbocycles. The number of hydrogen-bond donors (Lipinski definition) is 0. The Morgan fingerprint density at radius 3 is 2.82 bits per heavy atom. The van der Waals surface area contributed by atoms with E-state index in [0.717, 1.165) is 37.8 Å². The predicted molar refractivity (Wildman–Crippen MR) is 79.7 cm³/mol. The van der Waals surface area contributed by atoms with E-state index in [1.807, 2.05) is 24.1 Å². The molecule has 22 heavy (non-hydrogen) atoms. The van der Waals surface area contributed by atoms with Gasteiger partial charge in [-0.3, -0.25) is 14.4 Å². The molecule has 0 bridgehead atoms. The largest absolute Gasteiger partial charge is 0.348 e. The number of aromatic nitrogens is 5. The van der Waals surface area contributed by atoms with E-state index in [0.29, 0.717) is 6.42 Å². The zero-order valence-corrected chi connectivity index (χ0v) is 13.2. The van der Waals surface area contributed by atoms with Crippen molar-refractivity contribution < 1.29 is 4.79 Å². The van der Waals surface area contributed by atoms with Crippen LogP contribution < -0.4 is 0 Å². The van der Waals surface area contributed by atoms with Gasteiger partial charge in [0.25, 0.3) is 0 Å². The zero-order valence-electron chi connectivity index (χ0n) is 13.2. The molecule has 2 aromatic rings. The summed E-state index contributed by atoms with van der Waals surface area (Å²) in [6, 6.07) is 0. The van der Waals surface area contributed by atoms with Crippen LogP contribution in [0.5, 0.6) is 0 Å². The molecule has 3 rings (SSSR count). The Balaban J connectivity index is 1.67. The number of fused-ring (bicyclic) bond motifs is 1. The van der Waals surface area contributed by atoms with E-state index in [4.69, 9.17) is 0 Å². The first kappa shape index (κ1) is 14.7. The van der Waals surface area contributed by atoms with Crippen LogP contribution in [0.2, 0.25) is 0 Å². The van der Waals surface area contributed by atoms with E-state index in [1.165, 1.54) is 5.56 Å². The predicted octanol–water partition coefficient (Wildman–Crippen LogP) is -0.342. The van der Waals surface area contributed by atoms with Gasteiger partial charge in [-0.25, -0.2) is 0 Å². The molecule has 0 aromatic carbocycles. The molecular formula is C14H21N7O. The van der Waals surface area contributed by atoms with Crippen LogP contribution in [0.25, 0.3) is 0 Å². The third-order valence-electron chi connectivity index (χ3n) is 3.88. The van der Waals surface area contributed by atoms with Crippen LogP contribution in [0.15, 0.2) is 12.4 Å². The summed E-state index contributed by atoms with van der Waals surface area (Å²) in [5, 5.41) is 12.6. The molecule has 0 atom stereocenters. The number of amides is 1. The zero-order chi connectivity index (χ0) is 15.7. The van der Waals surface area contributed by atoms with Crippen molar-refractivity contribution in [2.45, 2.75) is 26.1 Å². The monoisotopic (exact) mass is 303 g/mol. The van der Waals surface area contributed by atoms with E-state index in [2.05, 4.69) is 24.8 Å². The van der Waals surface area contributed by atoms with Crippen LogP contribution in [0.1, 0.15) is 17.2 Å². The van der Waals surface area contributed by atoms with Crippen molar-refractivity contribution in [2.24, 2.45) is 7.05 Å². The van der Waals surface area contributed by atoms with Crippen molar-refractivity contribution in [3.63, 3.8) is 0 Å². The molecule has 0 aliphatic carbocycles. The van der Waals surface area contributed by atoms with E-state index >= 15 is 0 Å². The van der Waals surface area contributed by atoms with Crippen LogP contribution in [-0.2, 0) is 37.9 Å². The fourth-order valence-electron chi connectivity index (χ4n) is 2.64. The quantitative estimate of drug-likeness (QED) is 0.772. The normalized spacial score (nSPS) is 14.9. The highest BCUT2D eigenvalue weighted by molar-refractivity contribution is 5.77. The SMILES string of the molecule is CN(C)C(=O)Cc1nnc2n1CCN(Cc1cnn(C)c1)C2. The maximum absolute atomic E-state index is 11.8. The number of hydrogen-bond acceptors (Lipinski definition) is 5. The maximum atomic E-state index is 11.8. The lowest BCUT2D eigenvalue weighted by Gasteiger charge is -2.27. The lowest BCUT2D eigenvalue weighted by atomic mass is 10.2. The Morgan fingerprint density at radius 2 is 2.14 bits per heavy atom. The van der Waals surface area contributed by atoms with Gasteiger partial charge in [-0.2, -0.15) is 5.10 Å². The molecule has 0 radical (unpaired) electrons. The summed E-state index contributed by atoms with van der Waals surface area (Å²) >= 11 is 0. The standard InChI is InChI=1S/C14H21N7O/c1-18(2)14(22)6-12-16-17-13-10-20(4-5-21(12)13)9-11-7-15-19(3)8-11/h7-8H,4-6,9-10H2,1-3H3. The van der Waals surface area contributed by atoms with Crippen molar-refractivity contribution in [2.75, 3.05) is 20.6 Å². The number of likely N-dealkylation sites (N-methyl/N-ethyl adjacent to an activating group) is 1. The Labute approximate surface area is 129 Å². The fraction of sp³-hybridized carbons (Fsp3) is 0.571. The molecule has 0 spiro atoms. The summed E-state index contributed by atoms with van der Waals surface area (Å²) in [7, 11) is 5.43. The second kappa shape index (κ2) is 5.88. The summed E-state index contributed by atoms with van der Waals surface area (Å²) in [5.74, 6) is 1.74. The molecule has 1 aliphatic rings. The summed E-state index contributed by atoms with van der Waals surface area (Å²) in [6.45, 7) is 3.34. The first-order valence-electron chi connectivity index (χ1n) is 7.34. The van der Waals surface area contributed by atoms with Crippen LogP contribution in [0.3, 0.4) is 0 Å². The minimum absolute atomic E-state index is 0.0491. The van der Waals surface area contributed by atoms with Crippen LogP contribution in [0.4, 0.5) is 0 Å². The molecule has 8 heteroatoms. The highest BCUT2D eigenvalue weighted by atomic mass is 16.2. The van der Waals surface area contributed by atoms with Gasteiger partial charge in [-0.1, -0.05) is 0 Å². The van der Waals surface area contributed by atoms with Gasteiger partial charge in [0.2, 0.25) is 5.91 Å². The minimum atomic E-state index is 0.0491. The number of rotatable bonds is 4. The molecule has 2 aromatic heterocycles. The molecule has 0 saturated heterocycles. The molecular weight excluding hydrogens is 282 g/mol. The number of aryl methyl sites for hydroxylation is 1. The van der Waals surface area contributed by atoms with Crippen molar-refractivity contribution in [3.8, 4) is 0 Å². The molecule has 0 fully saturated rings. The van der Waals surface area contributed by atoms with Gasteiger partial charge >= 0.3 is 0 Å². The van der Waals surface area contributed by atoms with Crippen LogP contribution >= 0.6 is 0 Å². The van der Waals surface area contributed by atoms with E-state index in [9.17, 15) is 4.79 Å². The van der Waals surface area contributed by atoms with E-state index in [-0.39, 0.29) is 5.91 Å². The molecule has 0 N–H and O–H groups in total. The lowest BCUT2D eigenvalue weighted by molar-refractivity contribution is -0.128. The van der Waals surface area contributed by atoms with Gasteiger partial charge in [0.05, 0.1) is 19.2 Å². The Bertz CT molecular complexity index is 673. The van der Waals surface area contributed by atoms with Gasteiger partial charge < -0.3 is 9.47 Å². The number of nitrogens with zero attached hydrogens (tertiary/aromatic N) is 7. The second-order valence-corrected chi connectivity index (χ2v) is 5.88. The smallest absolute Gasteiger partial charge is 0.229 e. The van der Waals surface area contributed by atoms with E-state index < -0.39 is 0 Å². The molecule has 8 nitrogen and oxygen atoms in total. The Hall–Kier alpha value is -2.22. The van der Waals surface area contributed by atoms with Crippen LogP contribution in [-0.4, -0.2) is 60.9 Å². The van der Waals surface area contributed by atoms with Gasteiger partial charge in [0, 0.05) is 52.5 Å². The summed E-state index contributed by atoms with van der Waals surface area (Å²) in [4.78, 5) is 15.7. The van der Waals surface area contributed by atoms with Crippen molar-refractivity contribution >= 4 is 5.91 Å². The highest BCUT2D eigenvalue weighted by Crippen LogP contribution is 2.15. The van der Waals surface area contributed by atoms with E-state index in [1.54, 1.807) is 19.0 Å². The van der Waals surface area contributed by atoms with Gasteiger partial charge in [0.15, 0.2) is 0 Å². The van der Waals surface area contributed by atoms with Crippen LogP contribution in [0, 0.1) is 0 Å². The number of carbonyl (C=O) groups is 1. The van der Waals surface area contributed by atoms with Crippen molar-refractivity contribution in [1.82, 2.24) is 34.3 Å². The Kier molecular flexibility index (Phi) is 3.93. The topological polar surface area (TPSA) is 72.1 Å². The average molecular weight is 303 g/mol. The second-order valence-electron chi connectivity index (χ2n) is 5.88. The highest BCUT2D eigenvalue weighted by Gasteiger charge is 2.22. The Morgan fingerprint density at radius 1 is 1.32 bits per heavy atom. The third-order valence-corrected chi connectivity index (χ3v) is 3.88. The summed E-state index contributed by atoms with van der Waals surface area (Å²) < 4.78 is 3.88. The first-order valence-corrected chi connectivity index (χ1v) is 7.34. The third kappa shape index (κ3) is 3.01. The van der Waals surface area contributed by atoms with Gasteiger partial charge in [-0.15, -0.1) is 10.2 Å². The number of carbonyl (C=O) groups excluding carboxylic acids is 1. The van der Waals surface area contributed by atoms with Gasteiger partial charge in [-0.05, 0) is 0 Å². The molecule has 1 amide bonds. The summed E-state index contributed by atoms with van der Waals surface area (Å²) in [6.07, 6.45) is 4.23. The molecule has 118 valence electrons. The lowest BCUT2D eigenvalue weighted by Crippen LogP contribution is -2.34. The average Bonchev–Trinajstić information content (AvgIpc) is 3.05. The maximum Gasteiger partial charge on any atom is 0.229 e. The first-order chi connectivity index (χ1) is 10.5. The van der Waals surface area contributed by atoms with Gasteiger partial charge in [0.1, 0.15) is 11.6 Å². The molecule has 0 unspecified atom stereocenters.